The Morgan fingerprint density at radius 2 is 1.69 bits per heavy atom. The lowest BCUT2D eigenvalue weighted by atomic mass is 9.40. The van der Waals surface area contributed by atoms with Crippen LogP contribution in [0.4, 0.5) is 0 Å². The third kappa shape index (κ3) is 3.32. The van der Waals surface area contributed by atoms with E-state index >= 15 is 0 Å². The van der Waals surface area contributed by atoms with Crippen molar-refractivity contribution in [2.24, 2.45) is 45.3 Å². The van der Waals surface area contributed by atoms with Crippen LogP contribution in [-0.2, 0) is 9.53 Å². The molecule has 11 atom stereocenters. The van der Waals surface area contributed by atoms with Crippen molar-refractivity contribution in [1.29, 1.82) is 0 Å². The van der Waals surface area contributed by atoms with E-state index in [1.54, 1.807) is 0 Å². The van der Waals surface area contributed by atoms with Crippen LogP contribution in [0, 0.1) is 45.3 Å². The van der Waals surface area contributed by atoms with Crippen LogP contribution in [-0.4, -0.2) is 56.4 Å². The van der Waals surface area contributed by atoms with E-state index in [0.717, 1.165) is 32.1 Å². The highest BCUT2D eigenvalue weighted by Crippen LogP contribution is 2.73. The molecule has 4 aliphatic carbocycles. The van der Waals surface area contributed by atoms with E-state index in [9.17, 15) is 25.2 Å². The number of aliphatic hydroxyl groups excluding tert-OH is 3. The fraction of sp³-hybridized carbons (Fsp3) is 0.900. The van der Waals surface area contributed by atoms with Gasteiger partial charge >= 0.3 is 5.97 Å². The van der Waals surface area contributed by atoms with Gasteiger partial charge in [-0.05, 0) is 86.4 Å². The number of rotatable bonds is 3. The molecule has 4 fully saturated rings. The molecule has 0 aromatic carbocycles. The molecule has 204 valence electrons. The third-order valence-corrected chi connectivity index (χ3v) is 12.6. The van der Waals surface area contributed by atoms with Crippen LogP contribution in [0.3, 0.4) is 0 Å². The summed E-state index contributed by atoms with van der Waals surface area (Å²) in [4.78, 5) is 13.1. The molecule has 0 aromatic heterocycles. The summed E-state index contributed by atoms with van der Waals surface area (Å²) < 4.78 is 5.62. The van der Waals surface area contributed by atoms with E-state index in [-0.39, 0.29) is 46.1 Å². The first kappa shape index (κ1) is 26.6. The molecule has 5 rings (SSSR count). The Kier molecular flexibility index (Phi) is 5.95. The fourth-order valence-electron chi connectivity index (χ4n) is 10.0. The Bertz CT molecular complexity index is 950. The molecule has 6 nitrogen and oxygen atoms in total. The average Bonchev–Trinajstić information content (AvgIpc) is 3.29. The van der Waals surface area contributed by atoms with Crippen molar-refractivity contribution in [1.82, 2.24) is 0 Å². The molecule has 0 amide bonds. The number of fused-ring (bicyclic) bond motifs is 5. The number of carbonyl (C=O) groups excluding carboxylic acids is 1. The Morgan fingerprint density at radius 1 is 1.03 bits per heavy atom. The molecule has 1 aliphatic heterocycles. The Balaban J connectivity index is 1.48. The van der Waals surface area contributed by atoms with E-state index in [1.807, 2.05) is 0 Å². The van der Waals surface area contributed by atoms with Gasteiger partial charge in [-0.3, -0.25) is 4.79 Å². The van der Waals surface area contributed by atoms with E-state index < -0.39 is 29.3 Å². The molecule has 11 unspecified atom stereocenters. The van der Waals surface area contributed by atoms with Crippen LogP contribution in [0.5, 0.6) is 0 Å². The van der Waals surface area contributed by atoms with Gasteiger partial charge in [-0.15, -0.1) is 0 Å². The predicted molar refractivity (Wildman–Crippen MR) is 137 cm³/mol. The van der Waals surface area contributed by atoms with Gasteiger partial charge in [-0.25, -0.2) is 0 Å². The normalized spacial score (nSPS) is 51.0. The van der Waals surface area contributed by atoms with Gasteiger partial charge in [-0.1, -0.05) is 46.3 Å². The molecule has 1 saturated heterocycles. The van der Waals surface area contributed by atoms with Gasteiger partial charge in [0.05, 0.1) is 23.7 Å². The lowest BCUT2D eigenvalue weighted by molar-refractivity contribution is -0.165. The quantitative estimate of drug-likeness (QED) is 0.342. The third-order valence-electron chi connectivity index (χ3n) is 12.6. The number of ether oxygens (including phenoxy) is 1. The number of carbonyl (C=O) groups is 1. The zero-order valence-electron chi connectivity index (χ0n) is 23.3. The van der Waals surface area contributed by atoms with Crippen molar-refractivity contribution in [2.75, 3.05) is 0 Å². The van der Waals surface area contributed by atoms with Crippen molar-refractivity contribution in [2.45, 2.75) is 123 Å². The maximum atomic E-state index is 13.1. The number of allylic oxidation sites excluding steroid dienone is 2. The summed E-state index contributed by atoms with van der Waals surface area (Å²) in [6.07, 6.45) is 5.27. The predicted octanol–water partition coefficient (Wildman–Crippen LogP) is 3.99. The van der Waals surface area contributed by atoms with Crippen molar-refractivity contribution < 1.29 is 30.0 Å². The maximum absolute atomic E-state index is 13.1. The minimum Gasteiger partial charge on any atom is -0.459 e. The van der Waals surface area contributed by atoms with Gasteiger partial charge in [0.2, 0.25) is 0 Å². The second-order valence-corrected chi connectivity index (χ2v) is 14.8. The molecule has 36 heavy (non-hydrogen) atoms. The monoisotopic (exact) mass is 504 g/mol. The molecule has 0 radical (unpaired) electrons. The maximum Gasteiger partial charge on any atom is 0.309 e. The van der Waals surface area contributed by atoms with Gasteiger partial charge < -0.3 is 25.2 Å². The fourth-order valence-corrected chi connectivity index (χ4v) is 10.0. The summed E-state index contributed by atoms with van der Waals surface area (Å²) in [6.45, 7) is 14.4. The molecule has 5 aliphatic rings. The highest BCUT2D eigenvalue weighted by atomic mass is 16.6. The standard InChI is InChI=1S/C30H48O6/c1-26(2)21-9-8-18-19(28(21,5)12-11-22(26)31)15-23(32)30(7)17(10-13-29(18,30)6)16-14-20(36-25(16)34)24(33)27(3,4)35/h8,16-17,19-24,31-33,35H,9-15H2,1-7H3. The highest BCUT2D eigenvalue weighted by molar-refractivity contribution is 5.75. The zero-order chi connectivity index (χ0) is 26.6. The molecule has 0 spiro atoms. The summed E-state index contributed by atoms with van der Waals surface area (Å²) in [6, 6.07) is 0. The van der Waals surface area contributed by atoms with Gasteiger partial charge in [0.15, 0.2) is 0 Å². The summed E-state index contributed by atoms with van der Waals surface area (Å²) in [5.74, 6) is -0.0908. The van der Waals surface area contributed by atoms with Crippen molar-refractivity contribution in [3.05, 3.63) is 11.6 Å². The van der Waals surface area contributed by atoms with Crippen molar-refractivity contribution in [3.8, 4) is 0 Å². The number of aliphatic hydroxyl groups is 4. The molecule has 6 heteroatoms. The van der Waals surface area contributed by atoms with E-state index in [2.05, 4.69) is 40.7 Å². The Morgan fingerprint density at radius 3 is 2.33 bits per heavy atom. The number of hydrogen-bond acceptors (Lipinski definition) is 6. The average molecular weight is 505 g/mol. The molecule has 0 aromatic rings. The SMILES string of the molecule is CC(C)(O)C(O)C1CC(C2CCC3(C)C4=CCC5C(C)(C)C(O)CCC5(C)C4CC(O)C23C)C(=O)O1. The lowest BCUT2D eigenvalue weighted by Gasteiger charge is -2.65. The minimum absolute atomic E-state index is 0.0322. The van der Waals surface area contributed by atoms with Crippen LogP contribution < -0.4 is 0 Å². The van der Waals surface area contributed by atoms with E-state index in [4.69, 9.17) is 4.74 Å². The molecule has 1 heterocycles. The molecule has 3 saturated carbocycles. The summed E-state index contributed by atoms with van der Waals surface area (Å²) in [5, 5.41) is 43.7. The lowest BCUT2D eigenvalue weighted by Crippen LogP contribution is -2.61. The van der Waals surface area contributed by atoms with E-state index in [0.29, 0.717) is 18.8 Å². The van der Waals surface area contributed by atoms with Crippen LogP contribution in [0.2, 0.25) is 0 Å². The number of hydrogen-bond donors (Lipinski definition) is 4. The van der Waals surface area contributed by atoms with Gasteiger partial charge in [0, 0.05) is 11.8 Å². The summed E-state index contributed by atoms with van der Waals surface area (Å²) >= 11 is 0. The van der Waals surface area contributed by atoms with Crippen molar-refractivity contribution >= 4 is 5.97 Å². The Labute approximate surface area is 216 Å². The minimum atomic E-state index is -1.36. The number of cyclic esters (lactones) is 1. The topological polar surface area (TPSA) is 107 Å². The van der Waals surface area contributed by atoms with Crippen LogP contribution >= 0.6 is 0 Å². The first-order chi connectivity index (χ1) is 16.5. The Hall–Kier alpha value is -0.950. The zero-order valence-corrected chi connectivity index (χ0v) is 23.3. The first-order valence-corrected chi connectivity index (χ1v) is 14.2. The van der Waals surface area contributed by atoms with Crippen LogP contribution in [0.1, 0.15) is 93.4 Å². The molecule has 4 N–H and O–H groups in total. The number of esters is 1. The smallest absolute Gasteiger partial charge is 0.309 e. The highest BCUT2D eigenvalue weighted by Gasteiger charge is 2.69. The van der Waals surface area contributed by atoms with Gasteiger partial charge in [0.25, 0.3) is 0 Å². The second-order valence-electron chi connectivity index (χ2n) is 14.8. The molecular formula is C30H48O6. The van der Waals surface area contributed by atoms with E-state index in [1.165, 1.54) is 19.4 Å². The van der Waals surface area contributed by atoms with Gasteiger partial charge in [0.1, 0.15) is 12.2 Å². The molecule has 0 bridgehead atoms. The van der Waals surface area contributed by atoms with Gasteiger partial charge in [-0.2, -0.15) is 0 Å². The molecular weight excluding hydrogens is 456 g/mol. The van der Waals surface area contributed by atoms with Crippen LogP contribution in [0.15, 0.2) is 11.6 Å². The summed E-state index contributed by atoms with van der Waals surface area (Å²) in [7, 11) is 0. The summed E-state index contributed by atoms with van der Waals surface area (Å²) in [5.41, 5.74) is -0.717. The largest absolute Gasteiger partial charge is 0.459 e. The first-order valence-electron chi connectivity index (χ1n) is 14.2. The second kappa shape index (κ2) is 8.03. The van der Waals surface area contributed by atoms with Crippen LogP contribution in [0.25, 0.3) is 0 Å². The van der Waals surface area contributed by atoms with Crippen molar-refractivity contribution in [3.63, 3.8) is 0 Å².